The fourth-order valence-electron chi connectivity index (χ4n) is 2.26. The van der Waals surface area contributed by atoms with Gasteiger partial charge < -0.3 is 19.3 Å². The van der Waals surface area contributed by atoms with Crippen LogP contribution >= 0.6 is 0 Å². The summed E-state index contributed by atoms with van der Waals surface area (Å²) < 4.78 is 42.8. The maximum Gasteiger partial charge on any atom is 0.337 e. The molecule has 0 unspecified atom stereocenters. The number of carbonyl (C=O) groups is 2. The highest BCUT2D eigenvalue weighted by Crippen LogP contribution is 2.27. The van der Waals surface area contributed by atoms with Gasteiger partial charge in [-0.25, -0.2) is 13.6 Å². The SMILES string of the molecule is COC(=O)c1ccc(C(=O)c2c(OCCOCCO)ccc(F)c2F)cc1. The van der Waals surface area contributed by atoms with E-state index in [-0.39, 0.29) is 43.3 Å². The molecule has 0 saturated carbocycles. The molecular weight excluding hydrogens is 362 g/mol. The zero-order chi connectivity index (χ0) is 19.8. The standard InChI is InChI=1S/C19H18F2O6/c1-25-19(24)13-4-2-12(3-5-13)18(23)16-15(7-6-14(20)17(16)21)27-11-10-26-9-8-22/h2-7,22H,8-11H2,1H3. The molecule has 2 rings (SSSR count). The molecule has 0 aliphatic heterocycles. The van der Waals surface area contributed by atoms with E-state index < -0.39 is 29.0 Å². The van der Waals surface area contributed by atoms with Gasteiger partial charge in [0.2, 0.25) is 0 Å². The molecular formula is C19H18F2O6. The lowest BCUT2D eigenvalue weighted by atomic mass is 10.0. The molecule has 0 spiro atoms. The van der Waals surface area contributed by atoms with E-state index in [2.05, 4.69) is 4.74 Å². The lowest BCUT2D eigenvalue weighted by Gasteiger charge is -2.12. The second-order valence-electron chi connectivity index (χ2n) is 5.32. The number of benzene rings is 2. The fourth-order valence-corrected chi connectivity index (χ4v) is 2.26. The molecule has 144 valence electrons. The van der Waals surface area contributed by atoms with Gasteiger partial charge in [0, 0.05) is 5.56 Å². The van der Waals surface area contributed by atoms with Gasteiger partial charge in [0.25, 0.3) is 0 Å². The van der Waals surface area contributed by atoms with Crippen LogP contribution in [-0.2, 0) is 9.47 Å². The number of methoxy groups -OCH3 is 1. The highest BCUT2D eigenvalue weighted by atomic mass is 19.2. The lowest BCUT2D eigenvalue weighted by molar-refractivity contribution is 0.0600. The molecule has 0 amide bonds. The summed E-state index contributed by atoms with van der Waals surface area (Å²) in [6.07, 6.45) is 0. The molecule has 0 heterocycles. The monoisotopic (exact) mass is 380 g/mol. The summed E-state index contributed by atoms with van der Waals surface area (Å²) in [7, 11) is 1.22. The van der Waals surface area contributed by atoms with Crippen molar-refractivity contribution in [1.29, 1.82) is 0 Å². The molecule has 6 nitrogen and oxygen atoms in total. The molecule has 0 bridgehead atoms. The van der Waals surface area contributed by atoms with Gasteiger partial charge in [0.05, 0.1) is 32.5 Å². The molecule has 0 radical (unpaired) electrons. The number of hydrogen-bond donors (Lipinski definition) is 1. The van der Waals surface area contributed by atoms with Crippen LogP contribution in [0.15, 0.2) is 36.4 Å². The first-order valence-corrected chi connectivity index (χ1v) is 8.02. The number of ether oxygens (including phenoxy) is 3. The van der Waals surface area contributed by atoms with Gasteiger partial charge >= 0.3 is 5.97 Å². The summed E-state index contributed by atoms with van der Waals surface area (Å²) in [4.78, 5) is 24.1. The van der Waals surface area contributed by atoms with Crippen molar-refractivity contribution >= 4 is 11.8 Å². The summed E-state index contributed by atoms with van der Waals surface area (Å²) in [5.41, 5.74) is -0.289. The number of hydrogen-bond acceptors (Lipinski definition) is 6. The van der Waals surface area contributed by atoms with Gasteiger partial charge in [-0.15, -0.1) is 0 Å². The summed E-state index contributed by atoms with van der Waals surface area (Å²) in [6, 6.07) is 7.33. The molecule has 2 aromatic carbocycles. The Morgan fingerprint density at radius 2 is 1.63 bits per heavy atom. The van der Waals surface area contributed by atoms with Crippen molar-refractivity contribution in [3.8, 4) is 5.75 Å². The van der Waals surface area contributed by atoms with Gasteiger partial charge in [-0.05, 0) is 24.3 Å². The van der Waals surface area contributed by atoms with Crippen LogP contribution in [0.3, 0.4) is 0 Å². The summed E-state index contributed by atoms with van der Waals surface area (Å²) in [5.74, 6) is -4.03. The van der Waals surface area contributed by atoms with Crippen molar-refractivity contribution in [3.05, 3.63) is 64.7 Å². The van der Waals surface area contributed by atoms with Crippen LogP contribution < -0.4 is 4.74 Å². The van der Waals surface area contributed by atoms with Crippen LogP contribution in [0.4, 0.5) is 8.78 Å². The van der Waals surface area contributed by atoms with E-state index in [1.807, 2.05) is 0 Å². The number of halogens is 2. The number of ketones is 1. The van der Waals surface area contributed by atoms with Crippen LogP contribution in [0.25, 0.3) is 0 Å². The van der Waals surface area contributed by atoms with Crippen molar-refractivity contribution in [2.24, 2.45) is 0 Å². The number of rotatable bonds is 9. The third kappa shape index (κ3) is 5.08. The fraction of sp³-hybridized carbons (Fsp3) is 0.263. The Morgan fingerprint density at radius 3 is 2.26 bits per heavy atom. The van der Waals surface area contributed by atoms with E-state index >= 15 is 0 Å². The molecule has 0 fully saturated rings. The molecule has 1 N–H and O–H groups in total. The van der Waals surface area contributed by atoms with Gasteiger partial charge in [-0.1, -0.05) is 12.1 Å². The van der Waals surface area contributed by atoms with Gasteiger partial charge in [-0.3, -0.25) is 4.79 Å². The molecule has 27 heavy (non-hydrogen) atoms. The smallest absolute Gasteiger partial charge is 0.337 e. The van der Waals surface area contributed by atoms with Gasteiger partial charge in [0.15, 0.2) is 17.4 Å². The van der Waals surface area contributed by atoms with Crippen LogP contribution in [0, 0.1) is 11.6 Å². The third-order valence-corrected chi connectivity index (χ3v) is 3.57. The maximum absolute atomic E-state index is 14.3. The molecule has 0 atom stereocenters. The quantitative estimate of drug-likeness (QED) is 0.409. The maximum atomic E-state index is 14.3. The first-order chi connectivity index (χ1) is 13.0. The minimum absolute atomic E-state index is 0.0212. The Balaban J connectivity index is 2.25. The van der Waals surface area contributed by atoms with Crippen molar-refractivity contribution in [3.63, 3.8) is 0 Å². The zero-order valence-electron chi connectivity index (χ0n) is 14.5. The lowest BCUT2D eigenvalue weighted by Crippen LogP contribution is -2.14. The summed E-state index contributed by atoms with van der Waals surface area (Å²) >= 11 is 0. The Kier molecular flexibility index (Phi) is 7.39. The predicted octanol–water partition coefficient (Wildman–Crippen LogP) is 2.37. The zero-order valence-corrected chi connectivity index (χ0v) is 14.5. The van der Waals surface area contributed by atoms with Crippen molar-refractivity contribution in [1.82, 2.24) is 0 Å². The van der Waals surface area contributed by atoms with Gasteiger partial charge in [0.1, 0.15) is 17.9 Å². The highest BCUT2D eigenvalue weighted by Gasteiger charge is 2.23. The molecule has 0 aliphatic rings. The van der Waals surface area contributed by atoms with Gasteiger partial charge in [-0.2, -0.15) is 0 Å². The number of carbonyl (C=O) groups excluding carboxylic acids is 2. The predicted molar refractivity (Wildman–Crippen MR) is 91.0 cm³/mol. The normalized spacial score (nSPS) is 10.5. The molecule has 8 heteroatoms. The van der Waals surface area contributed by atoms with Crippen LogP contribution in [-0.4, -0.2) is 50.4 Å². The van der Waals surface area contributed by atoms with Crippen LogP contribution in [0.5, 0.6) is 5.75 Å². The average molecular weight is 380 g/mol. The topological polar surface area (TPSA) is 82.1 Å². The van der Waals surface area contributed by atoms with E-state index in [1.54, 1.807) is 0 Å². The van der Waals surface area contributed by atoms with Crippen molar-refractivity contribution in [2.45, 2.75) is 0 Å². The molecule has 0 saturated heterocycles. The first kappa shape index (κ1) is 20.5. The summed E-state index contributed by atoms with van der Waals surface area (Å²) in [5, 5.41) is 8.63. The van der Waals surface area contributed by atoms with E-state index in [0.29, 0.717) is 0 Å². The van der Waals surface area contributed by atoms with Crippen LogP contribution in [0.2, 0.25) is 0 Å². The minimum Gasteiger partial charge on any atom is -0.490 e. The van der Waals surface area contributed by atoms with Crippen LogP contribution in [0.1, 0.15) is 26.3 Å². The van der Waals surface area contributed by atoms with E-state index in [0.717, 1.165) is 12.1 Å². The first-order valence-electron chi connectivity index (χ1n) is 8.02. The minimum atomic E-state index is -1.33. The highest BCUT2D eigenvalue weighted by molar-refractivity contribution is 6.11. The Bertz CT molecular complexity index is 805. The third-order valence-electron chi connectivity index (χ3n) is 3.57. The molecule has 2 aromatic rings. The van der Waals surface area contributed by atoms with E-state index in [4.69, 9.17) is 14.6 Å². The number of aliphatic hydroxyl groups is 1. The number of esters is 1. The molecule has 0 aliphatic carbocycles. The number of aliphatic hydroxyl groups excluding tert-OH is 1. The van der Waals surface area contributed by atoms with E-state index in [1.165, 1.54) is 31.4 Å². The van der Waals surface area contributed by atoms with Crippen molar-refractivity contribution < 1.29 is 37.7 Å². The second kappa shape index (κ2) is 9.75. The second-order valence-corrected chi connectivity index (χ2v) is 5.32. The Morgan fingerprint density at radius 1 is 0.963 bits per heavy atom. The Labute approximate surface area is 154 Å². The average Bonchev–Trinajstić information content (AvgIpc) is 2.69. The largest absolute Gasteiger partial charge is 0.490 e. The molecule has 0 aromatic heterocycles. The Hall–Kier alpha value is -2.84. The van der Waals surface area contributed by atoms with E-state index in [9.17, 15) is 18.4 Å². The summed E-state index contributed by atoms with van der Waals surface area (Å²) in [6.45, 7) is 0.0313. The van der Waals surface area contributed by atoms with Crippen molar-refractivity contribution in [2.75, 3.05) is 33.5 Å².